The van der Waals surface area contributed by atoms with E-state index in [-0.39, 0.29) is 12.1 Å². The second-order valence-corrected chi connectivity index (χ2v) is 17.3. The van der Waals surface area contributed by atoms with Crippen LogP contribution in [0.15, 0.2) is 191 Å². The van der Waals surface area contributed by atoms with E-state index in [9.17, 15) is 0 Å². The van der Waals surface area contributed by atoms with E-state index in [1.807, 2.05) is 12.1 Å². The average molecular weight is 777 g/mol. The summed E-state index contributed by atoms with van der Waals surface area (Å²) in [6.45, 7) is 2.49. The minimum Gasteiger partial charge on any atom is -0.456 e. The van der Waals surface area contributed by atoms with Crippen LogP contribution in [0.2, 0.25) is 0 Å². The number of hydrogen-bond donors (Lipinski definition) is 0. The number of rotatable bonds is 2. The second kappa shape index (κ2) is 11.1. The Labute approximate surface area is 351 Å². The zero-order valence-electron chi connectivity index (χ0n) is 33.1. The molecule has 0 saturated carbocycles. The number of furan rings is 2. The maximum absolute atomic E-state index is 7.03. The molecule has 2 aromatic heterocycles. The zero-order chi connectivity index (χ0) is 39.7. The largest absolute Gasteiger partial charge is 0.456 e. The van der Waals surface area contributed by atoms with Crippen LogP contribution in [0.1, 0.15) is 23.6 Å². The number of fused-ring (bicyclic) bond motifs is 16. The van der Waals surface area contributed by atoms with Crippen LogP contribution in [-0.2, 0) is 5.41 Å². The molecule has 9 aromatic carbocycles. The van der Waals surface area contributed by atoms with E-state index in [0.29, 0.717) is 0 Å². The predicted molar refractivity (Wildman–Crippen MR) is 251 cm³/mol. The first kappa shape index (κ1) is 32.1. The molecule has 5 heteroatoms. The Bertz CT molecular complexity index is 3770. The minimum atomic E-state index is -0.372. The predicted octanol–water partition coefficient (Wildman–Crippen LogP) is 12.9. The standard InChI is InChI=1S/C56H33BN2O2/c1-56-41-15-5-2-12-35(41)39-31-40-37-14-4-9-23-49(37)61-55(40)54(51(39)56)59-47-21-11-20-46-52(47)57(44-18-10-16-42(56)53(44)59)43-17-6-7-19-45(43)58(46)34-27-24-32(25-28-34)33-26-29-50-38(30-33)36-13-3-8-22-48(36)60-50/h2-31H,1H3. The van der Waals surface area contributed by atoms with Crippen molar-refractivity contribution in [2.45, 2.75) is 12.3 Å². The number of hydrogen-bond acceptors (Lipinski definition) is 4. The molecule has 11 aromatic rings. The van der Waals surface area contributed by atoms with Crippen molar-refractivity contribution in [3.8, 4) is 22.3 Å². The van der Waals surface area contributed by atoms with Gasteiger partial charge in [0.1, 0.15) is 16.7 Å². The summed E-state index contributed by atoms with van der Waals surface area (Å²) in [6.07, 6.45) is 0. The van der Waals surface area contributed by atoms with Gasteiger partial charge in [0, 0.05) is 61.0 Å². The summed E-state index contributed by atoms with van der Waals surface area (Å²) in [5, 5.41) is 4.58. The van der Waals surface area contributed by atoms with Crippen molar-refractivity contribution in [3.63, 3.8) is 0 Å². The summed E-state index contributed by atoms with van der Waals surface area (Å²) >= 11 is 0. The highest BCUT2D eigenvalue weighted by Gasteiger charge is 2.54. The number of para-hydroxylation sites is 4. The van der Waals surface area contributed by atoms with E-state index >= 15 is 0 Å². The second-order valence-electron chi connectivity index (χ2n) is 17.3. The van der Waals surface area contributed by atoms with Gasteiger partial charge in [-0.2, -0.15) is 0 Å². The van der Waals surface area contributed by atoms with Gasteiger partial charge in [-0.1, -0.05) is 121 Å². The van der Waals surface area contributed by atoms with Crippen molar-refractivity contribution >= 4 is 101 Å². The number of anilines is 6. The minimum absolute atomic E-state index is 0.0387. The summed E-state index contributed by atoms with van der Waals surface area (Å²) in [4.78, 5) is 5.06. The molecule has 0 bridgehead atoms. The van der Waals surface area contributed by atoms with E-state index in [4.69, 9.17) is 8.83 Å². The van der Waals surface area contributed by atoms with Gasteiger partial charge < -0.3 is 18.6 Å². The molecular weight excluding hydrogens is 743 g/mol. The topological polar surface area (TPSA) is 32.8 Å². The molecule has 0 saturated heterocycles. The SMILES string of the molecule is CC12c3ccccc3-c3cc4c(oc5ccccc54)c(c31)N1c3cccc4c3B(c3ccccc3N4c3ccc(-c4ccc5oc6ccccc6c5c4)cc3)c3cccc2c31. The lowest BCUT2D eigenvalue weighted by Gasteiger charge is -2.49. The fraction of sp³-hybridized carbons (Fsp3) is 0.0357. The van der Waals surface area contributed by atoms with Crippen LogP contribution in [0, 0.1) is 0 Å². The van der Waals surface area contributed by atoms with E-state index < -0.39 is 0 Å². The van der Waals surface area contributed by atoms with Crippen LogP contribution in [0.5, 0.6) is 0 Å². The molecule has 0 fully saturated rings. The molecule has 1 aliphatic carbocycles. The summed E-state index contributed by atoms with van der Waals surface area (Å²) in [6, 6.07) is 66.9. The third kappa shape index (κ3) is 3.84. The van der Waals surface area contributed by atoms with E-state index in [1.54, 1.807) is 0 Å². The van der Waals surface area contributed by atoms with Crippen molar-refractivity contribution in [1.82, 2.24) is 0 Å². The van der Waals surface area contributed by atoms with Gasteiger partial charge in [-0.25, -0.2) is 0 Å². The Kier molecular flexibility index (Phi) is 5.84. The molecular formula is C56H33BN2O2. The first-order valence-electron chi connectivity index (χ1n) is 21.2. The highest BCUT2D eigenvalue weighted by Crippen LogP contribution is 2.65. The van der Waals surface area contributed by atoms with Gasteiger partial charge in [0.05, 0.1) is 5.69 Å². The Balaban J connectivity index is 0.974. The molecule has 4 aliphatic rings. The van der Waals surface area contributed by atoms with Gasteiger partial charge in [-0.15, -0.1) is 0 Å². The monoisotopic (exact) mass is 776 g/mol. The lowest BCUT2D eigenvalue weighted by atomic mass is 9.33. The Morgan fingerprint density at radius 1 is 0.443 bits per heavy atom. The molecule has 0 amide bonds. The summed E-state index contributed by atoms with van der Waals surface area (Å²) in [5.41, 5.74) is 23.4. The van der Waals surface area contributed by atoms with Gasteiger partial charge in [-0.05, 0) is 117 Å². The van der Waals surface area contributed by atoms with Crippen molar-refractivity contribution in [2.75, 3.05) is 9.80 Å². The lowest BCUT2D eigenvalue weighted by molar-refractivity contribution is 0.659. The van der Waals surface area contributed by atoms with Crippen LogP contribution >= 0.6 is 0 Å². The summed E-state index contributed by atoms with van der Waals surface area (Å²) in [7, 11) is 0. The van der Waals surface area contributed by atoms with Crippen LogP contribution in [0.25, 0.3) is 66.1 Å². The smallest absolute Gasteiger partial charge is 0.252 e. The van der Waals surface area contributed by atoms with Crippen LogP contribution in [0.4, 0.5) is 34.1 Å². The summed E-state index contributed by atoms with van der Waals surface area (Å²) in [5.74, 6) is 0. The molecule has 1 atom stereocenters. The Hall–Kier alpha value is -7.76. The van der Waals surface area contributed by atoms with E-state index in [0.717, 1.165) is 55.3 Å². The van der Waals surface area contributed by atoms with Crippen molar-refractivity contribution in [2.24, 2.45) is 0 Å². The van der Waals surface area contributed by atoms with Gasteiger partial charge in [-0.3, -0.25) is 0 Å². The zero-order valence-corrected chi connectivity index (χ0v) is 33.1. The van der Waals surface area contributed by atoms with Gasteiger partial charge in [0.2, 0.25) is 0 Å². The Morgan fingerprint density at radius 2 is 1.08 bits per heavy atom. The first-order valence-corrected chi connectivity index (χ1v) is 21.2. The van der Waals surface area contributed by atoms with Gasteiger partial charge in [0.25, 0.3) is 6.71 Å². The normalized spacial score (nSPS) is 16.2. The highest BCUT2D eigenvalue weighted by molar-refractivity contribution is 7.00. The molecule has 0 spiro atoms. The van der Waals surface area contributed by atoms with Crippen molar-refractivity contribution in [3.05, 3.63) is 199 Å². The highest BCUT2D eigenvalue weighted by atomic mass is 16.3. The first-order chi connectivity index (χ1) is 30.1. The van der Waals surface area contributed by atoms with E-state index in [2.05, 4.69) is 187 Å². The van der Waals surface area contributed by atoms with Crippen LogP contribution in [-0.4, -0.2) is 6.71 Å². The van der Waals surface area contributed by atoms with Gasteiger partial charge >= 0.3 is 0 Å². The molecule has 282 valence electrons. The molecule has 61 heavy (non-hydrogen) atoms. The fourth-order valence-electron chi connectivity index (χ4n) is 11.9. The number of nitrogens with zero attached hydrogens (tertiary/aromatic N) is 2. The Morgan fingerprint density at radius 3 is 1.95 bits per heavy atom. The van der Waals surface area contributed by atoms with E-state index in [1.165, 1.54) is 78.1 Å². The third-order valence-electron chi connectivity index (χ3n) is 14.4. The fourth-order valence-corrected chi connectivity index (χ4v) is 11.9. The lowest BCUT2D eigenvalue weighted by Crippen LogP contribution is -2.62. The summed E-state index contributed by atoms with van der Waals surface area (Å²) < 4.78 is 13.2. The quantitative estimate of drug-likeness (QED) is 0.164. The van der Waals surface area contributed by atoms with Crippen LogP contribution in [0.3, 0.4) is 0 Å². The molecule has 3 aliphatic heterocycles. The third-order valence-corrected chi connectivity index (χ3v) is 14.4. The molecule has 15 rings (SSSR count). The van der Waals surface area contributed by atoms with Crippen LogP contribution < -0.4 is 26.2 Å². The molecule has 1 unspecified atom stereocenters. The molecule has 0 N–H and O–H groups in total. The maximum atomic E-state index is 7.03. The van der Waals surface area contributed by atoms with Gasteiger partial charge in [0.15, 0.2) is 5.58 Å². The molecule has 4 nitrogen and oxygen atoms in total. The molecule has 0 radical (unpaired) electrons. The maximum Gasteiger partial charge on any atom is 0.252 e. The van der Waals surface area contributed by atoms with Crippen molar-refractivity contribution in [1.29, 1.82) is 0 Å². The van der Waals surface area contributed by atoms with Crippen molar-refractivity contribution < 1.29 is 8.83 Å². The average Bonchev–Trinajstić information content (AvgIpc) is 3.96. The number of benzene rings is 9. The molecule has 5 heterocycles.